The number of aliphatic carboxylic acids is 1. The average Bonchev–Trinajstić information content (AvgIpc) is 2.61. The summed E-state index contributed by atoms with van der Waals surface area (Å²) in [7, 11) is -3.88. The summed E-state index contributed by atoms with van der Waals surface area (Å²) in [6.45, 7) is 0. The highest BCUT2D eigenvalue weighted by Crippen LogP contribution is 2.40. The van der Waals surface area contributed by atoms with Gasteiger partial charge in [-0.05, 0) is 92.1 Å². The van der Waals surface area contributed by atoms with Crippen LogP contribution in [0.4, 0.5) is 0 Å². The zero-order chi connectivity index (χ0) is 20.5. The van der Waals surface area contributed by atoms with E-state index in [0.29, 0.717) is 20.1 Å². The van der Waals surface area contributed by atoms with Crippen LogP contribution in [0.3, 0.4) is 0 Å². The molecule has 28 heavy (non-hydrogen) atoms. The second kappa shape index (κ2) is 8.55. The van der Waals surface area contributed by atoms with Crippen molar-refractivity contribution in [2.45, 2.75) is 54.2 Å². The van der Waals surface area contributed by atoms with Crippen LogP contribution >= 0.6 is 31.9 Å². The van der Waals surface area contributed by atoms with Gasteiger partial charge in [0.25, 0.3) is 0 Å². The van der Waals surface area contributed by atoms with Crippen molar-refractivity contribution in [3.05, 3.63) is 50.4 Å². The molecule has 0 bridgehead atoms. The van der Waals surface area contributed by atoms with E-state index in [1.807, 2.05) is 0 Å². The Morgan fingerprint density at radius 3 is 2.21 bits per heavy atom. The molecule has 0 spiro atoms. The number of carboxylic acids is 1. The molecule has 8 heteroatoms. The molecular weight excluding hydrogens is 512 g/mol. The van der Waals surface area contributed by atoms with Crippen LogP contribution in [0, 0.1) is 0 Å². The molecule has 0 aliphatic heterocycles. The molecule has 0 unspecified atom stereocenters. The lowest BCUT2D eigenvalue weighted by Gasteiger charge is -2.23. The molecule has 0 amide bonds. The maximum absolute atomic E-state index is 13.3. The maximum atomic E-state index is 13.3. The minimum Gasteiger partial charge on any atom is -0.508 e. The molecule has 0 saturated heterocycles. The number of halogens is 2. The van der Waals surface area contributed by atoms with Crippen molar-refractivity contribution in [3.8, 4) is 5.75 Å². The van der Waals surface area contributed by atoms with Crippen LogP contribution in [-0.4, -0.2) is 24.6 Å². The standard InChI is InChI=1S/C20H20Br2O5S/c21-16-8-12(10-19(24)25)9-17(22)20(16)28(26,27)14-6-7-18(23)15(11-14)13-4-2-1-3-5-13/h6-9,11,13,23H,1-5,10H2,(H,24,25). The molecule has 1 aliphatic carbocycles. The van der Waals surface area contributed by atoms with Gasteiger partial charge in [0.05, 0.1) is 11.3 Å². The highest BCUT2D eigenvalue weighted by molar-refractivity contribution is 9.11. The Morgan fingerprint density at radius 2 is 1.64 bits per heavy atom. The summed E-state index contributed by atoms with van der Waals surface area (Å²) in [5.41, 5.74) is 1.16. The van der Waals surface area contributed by atoms with Crippen LogP contribution in [0.1, 0.15) is 49.1 Å². The Morgan fingerprint density at radius 1 is 1.04 bits per heavy atom. The fourth-order valence-electron chi connectivity index (χ4n) is 3.70. The van der Waals surface area contributed by atoms with Crippen molar-refractivity contribution in [2.75, 3.05) is 0 Å². The van der Waals surface area contributed by atoms with E-state index in [4.69, 9.17) is 5.11 Å². The first-order valence-corrected chi connectivity index (χ1v) is 12.0. The zero-order valence-corrected chi connectivity index (χ0v) is 19.0. The predicted octanol–water partition coefficient (Wildman–Crippen LogP) is 5.42. The van der Waals surface area contributed by atoms with E-state index in [9.17, 15) is 18.3 Å². The first kappa shape index (κ1) is 21.3. The van der Waals surface area contributed by atoms with Gasteiger partial charge in [-0.3, -0.25) is 4.79 Å². The summed E-state index contributed by atoms with van der Waals surface area (Å²) in [5, 5.41) is 19.2. The first-order chi connectivity index (χ1) is 13.2. The summed E-state index contributed by atoms with van der Waals surface area (Å²) in [6, 6.07) is 7.44. The van der Waals surface area contributed by atoms with Gasteiger partial charge >= 0.3 is 5.97 Å². The minimum atomic E-state index is -3.88. The SMILES string of the molecule is O=C(O)Cc1cc(Br)c(S(=O)(=O)c2ccc(O)c(C3CCCCC3)c2)c(Br)c1. The largest absolute Gasteiger partial charge is 0.508 e. The Kier molecular flexibility index (Phi) is 6.51. The summed E-state index contributed by atoms with van der Waals surface area (Å²) >= 11 is 6.56. The van der Waals surface area contributed by atoms with E-state index in [2.05, 4.69) is 31.9 Å². The molecule has 3 rings (SSSR count). The molecular formula is C20H20Br2O5S. The van der Waals surface area contributed by atoms with Crippen LogP contribution in [0.15, 0.2) is 49.1 Å². The van der Waals surface area contributed by atoms with Gasteiger partial charge in [0, 0.05) is 8.95 Å². The fourth-order valence-corrected chi connectivity index (χ4v) is 7.66. The number of aromatic hydroxyl groups is 1. The van der Waals surface area contributed by atoms with Crippen LogP contribution < -0.4 is 0 Å². The summed E-state index contributed by atoms with van der Waals surface area (Å²) in [5.74, 6) is -0.709. The fraction of sp³-hybridized carbons (Fsp3) is 0.350. The number of hydrogen-bond acceptors (Lipinski definition) is 4. The summed E-state index contributed by atoms with van der Waals surface area (Å²) in [4.78, 5) is 11.1. The number of carboxylic acid groups (broad SMARTS) is 1. The van der Waals surface area contributed by atoms with Gasteiger partial charge in [0.2, 0.25) is 9.84 Å². The van der Waals surface area contributed by atoms with Gasteiger partial charge < -0.3 is 10.2 Å². The number of phenols is 1. The molecule has 2 aromatic rings. The highest BCUT2D eigenvalue weighted by Gasteiger charge is 2.27. The first-order valence-electron chi connectivity index (χ1n) is 8.98. The van der Waals surface area contributed by atoms with Gasteiger partial charge in [-0.25, -0.2) is 8.42 Å². The lowest BCUT2D eigenvalue weighted by Crippen LogP contribution is -2.09. The quantitative estimate of drug-likeness (QED) is 0.537. The maximum Gasteiger partial charge on any atom is 0.307 e. The normalized spacial score (nSPS) is 15.5. The molecule has 0 heterocycles. The minimum absolute atomic E-state index is 0.0434. The predicted molar refractivity (Wildman–Crippen MR) is 113 cm³/mol. The number of sulfone groups is 1. The Bertz CT molecular complexity index is 988. The molecule has 1 fully saturated rings. The third-order valence-corrected chi connectivity index (χ3v) is 8.66. The topological polar surface area (TPSA) is 91.7 Å². The second-order valence-electron chi connectivity index (χ2n) is 7.02. The monoisotopic (exact) mass is 530 g/mol. The lowest BCUT2D eigenvalue weighted by atomic mass is 9.84. The van der Waals surface area contributed by atoms with Crippen molar-refractivity contribution < 1.29 is 23.4 Å². The smallest absolute Gasteiger partial charge is 0.307 e. The van der Waals surface area contributed by atoms with Gasteiger partial charge in [0.1, 0.15) is 10.6 Å². The highest BCUT2D eigenvalue weighted by atomic mass is 79.9. The molecule has 2 N–H and O–H groups in total. The molecule has 1 saturated carbocycles. The van der Waals surface area contributed by atoms with E-state index in [1.54, 1.807) is 6.07 Å². The molecule has 150 valence electrons. The zero-order valence-electron chi connectivity index (χ0n) is 15.0. The average molecular weight is 532 g/mol. The number of rotatable bonds is 5. The third-order valence-electron chi connectivity index (χ3n) is 5.04. The molecule has 2 aromatic carbocycles. The van der Waals surface area contributed by atoms with Gasteiger partial charge in [0.15, 0.2) is 0 Å². The molecule has 0 radical (unpaired) electrons. The van der Waals surface area contributed by atoms with Gasteiger partial charge in [-0.2, -0.15) is 0 Å². The summed E-state index contributed by atoms with van der Waals surface area (Å²) in [6.07, 6.45) is 4.98. The van der Waals surface area contributed by atoms with Crippen LogP contribution in [0.2, 0.25) is 0 Å². The van der Waals surface area contributed by atoms with Crippen molar-refractivity contribution in [2.24, 2.45) is 0 Å². The van der Waals surface area contributed by atoms with Gasteiger partial charge in [-0.1, -0.05) is 19.3 Å². The summed E-state index contributed by atoms with van der Waals surface area (Å²) < 4.78 is 27.2. The molecule has 1 aliphatic rings. The van der Waals surface area contributed by atoms with Crippen LogP contribution in [0.5, 0.6) is 5.75 Å². The second-order valence-corrected chi connectivity index (χ2v) is 10.6. The van der Waals surface area contributed by atoms with Crippen molar-refractivity contribution in [1.82, 2.24) is 0 Å². The van der Waals surface area contributed by atoms with Crippen LogP contribution in [-0.2, 0) is 21.1 Å². The lowest BCUT2D eigenvalue weighted by molar-refractivity contribution is -0.136. The number of phenolic OH excluding ortho intramolecular Hbond substituents is 1. The Balaban J connectivity index is 2.05. The third kappa shape index (κ3) is 4.44. The molecule has 0 atom stereocenters. The van der Waals surface area contributed by atoms with E-state index in [1.165, 1.54) is 24.3 Å². The van der Waals surface area contributed by atoms with Crippen LogP contribution in [0.25, 0.3) is 0 Å². The van der Waals surface area contributed by atoms with E-state index >= 15 is 0 Å². The number of hydrogen-bond donors (Lipinski definition) is 2. The number of benzene rings is 2. The Hall–Kier alpha value is -1.38. The van der Waals surface area contributed by atoms with E-state index < -0.39 is 15.8 Å². The van der Waals surface area contributed by atoms with Crippen molar-refractivity contribution in [3.63, 3.8) is 0 Å². The van der Waals surface area contributed by atoms with Gasteiger partial charge in [-0.15, -0.1) is 0 Å². The molecule has 5 nitrogen and oxygen atoms in total. The van der Waals surface area contributed by atoms with E-state index in [0.717, 1.165) is 32.1 Å². The Labute approximate surface area is 181 Å². The van der Waals surface area contributed by atoms with Crippen molar-refractivity contribution in [1.29, 1.82) is 0 Å². The molecule has 0 aromatic heterocycles. The number of carbonyl (C=O) groups is 1. The van der Waals surface area contributed by atoms with E-state index in [-0.39, 0.29) is 27.9 Å². The van der Waals surface area contributed by atoms with Crippen molar-refractivity contribution >= 4 is 47.7 Å².